The molecule has 1 unspecified atom stereocenters. The van der Waals surface area contributed by atoms with Crippen LogP contribution in [0.15, 0.2) is 48.7 Å². The summed E-state index contributed by atoms with van der Waals surface area (Å²) in [4.78, 5) is 27.0. The van der Waals surface area contributed by atoms with Crippen molar-refractivity contribution in [3.8, 4) is 5.75 Å². The molecule has 1 atom stereocenters. The molecule has 1 fully saturated rings. The van der Waals surface area contributed by atoms with Crippen molar-refractivity contribution < 1.29 is 19.4 Å². The zero-order chi connectivity index (χ0) is 22.9. The number of piperidine rings is 1. The van der Waals surface area contributed by atoms with Crippen LogP contribution in [0.1, 0.15) is 50.1 Å². The first-order chi connectivity index (χ1) is 15.2. The average molecular weight is 437 g/mol. The molecule has 0 radical (unpaired) electrons. The van der Waals surface area contributed by atoms with Crippen LogP contribution in [0.5, 0.6) is 5.75 Å². The molecular formula is C24H28N4O4. The Labute approximate surface area is 186 Å². The van der Waals surface area contributed by atoms with Gasteiger partial charge in [0.1, 0.15) is 11.4 Å². The van der Waals surface area contributed by atoms with Crippen molar-refractivity contribution in [1.82, 2.24) is 14.7 Å². The van der Waals surface area contributed by atoms with Crippen molar-refractivity contribution in [1.29, 1.82) is 0 Å². The summed E-state index contributed by atoms with van der Waals surface area (Å²) in [7, 11) is 0. The number of fused-ring (bicyclic) bond motifs is 1. The average Bonchev–Trinajstić information content (AvgIpc) is 3.24. The molecule has 3 aromatic rings. The predicted octanol–water partition coefficient (Wildman–Crippen LogP) is 4.57. The third kappa shape index (κ3) is 4.85. The van der Waals surface area contributed by atoms with Crippen molar-refractivity contribution in [3.63, 3.8) is 0 Å². The predicted molar refractivity (Wildman–Crippen MR) is 122 cm³/mol. The maximum Gasteiger partial charge on any atom is 0.410 e. The van der Waals surface area contributed by atoms with E-state index in [1.165, 1.54) is 0 Å². The third-order valence-electron chi connectivity index (χ3n) is 5.38. The quantitative estimate of drug-likeness (QED) is 0.627. The summed E-state index contributed by atoms with van der Waals surface area (Å²) >= 11 is 0. The van der Waals surface area contributed by atoms with Crippen LogP contribution >= 0.6 is 0 Å². The van der Waals surface area contributed by atoms with Gasteiger partial charge >= 0.3 is 6.09 Å². The van der Waals surface area contributed by atoms with Crippen LogP contribution in [-0.2, 0) is 4.74 Å². The SMILES string of the molecule is CC(C)(C)OC(=O)N1CCCC(n2ccc(C(=O)Nc3cccc4ccc(O)cc34)n2)C1. The minimum atomic E-state index is -0.542. The molecule has 2 heterocycles. The second-order valence-corrected chi connectivity index (χ2v) is 9.07. The normalized spacial score (nSPS) is 16.7. The van der Waals surface area contributed by atoms with Crippen LogP contribution in [0.25, 0.3) is 10.8 Å². The Bertz CT molecular complexity index is 1150. The highest BCUT2D eigenvalue weighted by atomic mass is 16.6. The molecule has 2 N–H and O–H groups in total. The van der Waals surface area contributed by atoms with Gasteiger partial charge in [-0.15, -0.1) is 0 Å². The number of hydrogen-bond donors (Lipinski definition) is 2. The number of aromatic nitrogens is 2. The number of hydrogen-bond acceptors (Lipinski definition) is 5. The van der Waals surface area contributed by atoms with Gasteiger partial charge in [-0.25, -0.2) is 4.79 Å². The summed E-state index contributed by atoms with van der Waals surface area (Å²) in [6.45, 7) is 6.68. The first kappa shape index (κ1) is 21.7. The zero-order valence-electron chi connectivity index (χ0n) is 18.5. The lowest BCUT2D eigenvalue weighted by atomic mass is 10.1. The van der Waals surface area contributed by atoms with E-state index in [2.05, 4.69) is 10.4 Å². The topological polar surface area (TPSA) is 96.7 Å². The van der Waals surface area contributed by atoms with E-state index >= 15 is 0 Å². The fraction of sp³-hybridized carbons (Fsp3) is 0.375. The summed E-state index contributed by atoms with van der Waals surface area (Å²) in [5, 5.41) is 18.8. The van der Waals surface area contributed by atoms with Crippen LogP contribution in [0, 0.1) is 0 Å². The molecule has 32 heavy (non-hydrogen) atoms. The number of phenolic OH excluding ortho intramolecular Hbond substituents is 1. The smallest absolute Gasteiger partial charge is 0.410 e. The van der Waals surface area contributed by atoms with Gasteiger partial charge in [0, 0.05) is 30.4 Å². The fourth-order valence-electron chi connectivity index (χ4n) is 3.88. The molecule has 0 aliphatic carbocycles. The van der Waals surface area contributed by atoms with Crippen LogP contribution in [0.2, 0.25) is 0 Å². The van der Waals surface area contributed by atoms with Gasteiger partial charge in [0.15, 0.2) is 5.69 Å². The maximum absolute atomic E-state index is 12.8. The van der Waals surface area contributed by atoms with Gasteiger partial charge in [0.25, 0.3) is 5.91 Å². The summed E-state index contributed by atoms with van der Waals surface area (Å²) in [5.41, 5.74) is 0.350. The number of benzene rings is 2. The number of ether oxygens (including phenoxy) is 1. The first-order valence-corrected chi connectivity index (χ1v) is 10.8. The van der Waals surface area contributed by atoms with Gasteiger partial charge < -0.3 is 20.1 Å². The zero-order valence-corrected chi connectivity index (χ0v) is 18.5. The monoisotopic (exact) mass is 436 g/mol. The summed E-state index contributed by atoms with van der Waals surface area (Å²) in [6, 6.07) is 12.2. The number of rotatable bonds is 3. The first-order valence-electron chi connectivity index (χ1n) is 10.8. The number of carbonyl (C=O) groups excluding carboxylic acids is 2. The lowest BCUT2D eigenvalue weighted by Crippen LogP contribution is -2.43. The van der Waals surface area contributed by atoms with E-state index in [0.29, 0.717) is 18.8 Å². The van der Waals surface area contributed by atoms with Gasteiger partial charge in [-0.05, 0) is 63.3 Å². The van der Waals surface area contributed by atoms with Crippen molar-refractivity contribution in [2.45, 2.75) is 45.3 Å². The number of nitrogens with zero attached hydrogens (tertiary/aromatic N) is 3. The van der Waals surface area contributed by atoms with E-state index in [4.69, 9.17) is 4.74 Å². The number of carbonyl (C=O) groups is 2. The largest absolute Gasteiger partial charge is 0.508 e. The van der Waals surface area contributed by atoms with Gasteiger partial charge in [-0.2, -0.15) is 5.10 Å². The number of amides is 2. The molecule has 168 valence electrons. The van der Waals surface area contributed by atoms with Gasteiger partial charge in [-0.3, -0.25) is 9.48 Å². The molecule has 2 amide bonds. The Kier molecular flexibility index (Phi) is 5.78. The summed E-state index contributed by atoms with van der Waals surface area (Å²) in [5.74, 6) is -0.199. The molecular weight excluding hydrogens is 408 g/mol. The Morgan fingerprint density at radius 3 is 2.78 bits per heavy atom. The highest BCUT2D eigenvalue weighted by Gasteiger charge is 2.29. The molecule has 1 aromatic heterocycles. The number of anilines is 1. The number of nitrogens with one attached hydrogen (secondary N) is 1. The molecule has 4 rings (SSSR count). The van der Waals surface area contributed by atoms with Crippen molar-refractivity contribution in [2.75, 3.05) is 18.4 Å². The number of likely N-dealkylation sites (tertiary alicyclic amines) is 1. The molecule has 0 spiro atoms. The Balaban J connectivity index is 1.46. The van der Waals surface area contributed by atoms with Crippen LogP contribution < -0.4 is 5.32 Å². The second kappa shape index (κ2) is 8.53. The van der Waals surface area contributed by atoms with Crippen molar-refractivity contribution >= 4 is 28.5 Å². The highest BCUT2D eigenvalue weighted by Crippen LogP contribution is 2.28. The van der Waals surface area contributed by atoms with Crippen LogP contribution in [-0.4, -0.2) is 50.5 Å². The lowest BCUT2D eigenvalue weighted by Gasteiger charge is -2.34. The number of aromatic hydroxyl groups is 1. The molecule has 2 aromatic carbocycles. The van der Waals surface area contributed by atoms with E-state index in [1.807, 2.05) is 32.9 Å². The summed E-state index contributed by atoms with van der Waals surface area (Å²) < 4.78 is 7.24. The summed E-state index contributed by atoms with van der Waals surface area (Å²) in [6.07, 6.45) is 3.15. The molecule has 1 aliphatic rings. The molecule has 0 bridgehead atoms. The van der Waals surface area contributed by atoms with E-state index in [0.717, 1.165) is 23.6 Å². The van der Waals surface area contributed by atoms with E-state index in [1.54, 1.807) is 46.1 Å². The molecule has 1 saturated heterocycles. The molecule has 1 aliphatic heterocycles. The van der Waals surface area contributed by atoms with Crippen molar-refractivity contribution in [2.24, 2.45) is 0 Å². The molecule has 8 nitrogen and oxygen atoms in total. The van der Waals surface area contributed by atoms with E-state index < -0.39 is 5.60 Å². The van der Waals surface area contributed by atoms with Crippen LogP contribution in [0.4, 0.5) is 10.5 Å². The van der Waals surface area contributed by atoms with E-state index in [9.17, 15) is 14.7 Å². The van der Waals surface area contributed by atoms with Gasteiger partial charge in [0.2, 0.25) is 0 Å². The Morgan fingerprint density at radius 2 is 2.00 bits per heavy atom. The third-order valence-corrected chi connectivity index (χ3v) is 5.38. The van der Waals surface area contributed by atoms with Crippen LogP contribution in [0.3, 0.4) is 0 Å². The lowest BCUT2D eigenvalue weighted by molar-refractivity contribution is 0.0167. The standard InChI is InChI=1S/C24H28N4O4/c1-24(2,3)32-23(31)27-12-5-7-17(15-27)28-13-11-21(26-28)22(30)25-20-8-4-6-16-9-10-18(29)14-19(16)20/h4,6,8-11,13-14,17,29H,5,7,12,15H2,1-3H3,(H,25,30). The minimum Gasteiger partial charge on any atom is -0.508 e. The van der Waals surface area contributed by atoms with Gasteiger partial charge in [-0.1, -0.05) is 18.2 Å². The Hall–Kier alpha value is -3.55. The highest BCUT2D eigenvalue weighted by molar-refractivity contribution is 6.08. The minimum absolute atomic E-state index is 0.0210. The second-order valence-electron chi connectivity index (χ2n) is 9.07. The Morgan fingerprint density at radius 1 is 1.19 bits per heavy atom. The fourth-order valence-corrected chi connectivity index (χ4v) is 3.88. The van der Waals surface area contributed by atoms with Gasteiger partial charge in [0.05, 0.1) is 6.04 Å². The molecule has 8 heteroatoms. The number of phenols is 1. The van der Waals surface area contributed by atoms with E-state index in [-0.39, 0.29) is 29.5 Å². The molecule has 0 saturated carbocycles. The van der Waals surface area contributed by atoms with Crippen molar-refractivity contribution in [3.05, 3.63) is 54.4 Å². The maximum atomic E-state index is 12.8.